The Morgan fingerprint density at radius 3 is 2.03 bits per heavy atom. The number of aromatic nitrogens is 1. The van der Waals surface area contributed by atoms with Crippen molar-refractivity contribution >= 4 is 46.4 Å². The van der Waals surface area contributed by atoms with Crippen LogP contribution in [0.15, 0.2) is 53.6 Å². The number of rotatable bonds is 4. The Balaban J connectivity index is 2.05. The molecule has 0 saturated carbocycles. The van der Waals surface area contributed by atoms with E-state index < -0.39 is 23.4 Å². The topological polar surface area (TPSA) is 93.0 Å². The van der Waals surface area contributed by atoms with Crippen molar-refractivity contribution < 1.29 is 24.3 Å². The zero-order valence-electron chi connectivity index (χ0n) is 20.5. The van der Waals surface area contributed by atoms with Crippen molar-refractivity contribution in [3.8, 4) is 0 Å². The zero-order chi connectivity index (χ0) is 25.3. The molecule has 8 nitrogen and oxygen atoms in total. The molecular weight excluding hydrogens is 454 g/mol. The molecule has 3 aromatic rings. The molecule has 3 rings (SSSR count). The Labute approximate surface area is 203 Å². The number of hydrogen-bond acceptors (Lipinski definition) is 7. The molecule has 1 heterocycles. The Morgan fingerprint density at radius 1 is 0.941 bits per heavy atom. The van der Waals surface area contributed by atoms with Gasteiger partial charge in [-0.1, -0.05) is 17.7 Å². The quantitative estimate of drug-likeness (QED) is 0.304. The number of amides is 2. The number of ether oxygens (including phenoxy) is 2. The molecule has 0 bridgehead atoms. The number of imide groups is 1. The number of fused-ring (bicyclic) bond motifs is 1. The summed E-state index contributed by atoms with van der Waals surface area (Å²) in [5.41, 5.74) is 0.744. The Kier molecular flexibility index (Phi) is 7.07. The van der Waals surface area contributed by atoms with Gasteiger partial charge in [-0.3, -0.25) is 0 Å². The number of aryl methyl sites for hydroxylation is 1. The first-order valence-electron chi connectivity index (χ1n) is 10.8. The summed E-state index contributed by atoms with van der Waals surface area (Å²) >= 11 is 1.34. The molecule has 0 aliphatic rings. The van der Waals surface area contributed by atoms with E-state index in [1.165, 1.54) is 18.1 Å². The molecule has 2 amide bonds. The van der Waals surface area contributed by atoms with Gasteiger partial charge in [-0.25, -0.2) is 9.59 Å². The lowest BCUT2D eigenvalue weighted by Crippen LogP contribution is -2.43. The second-order valence-electron chi connectivity index (χ2n) is 9.90. The predicted octanol–water partition coefficient (Wildman–Crippen LogP) is 6.98. The summed E-state index contributed by atoms with van der Waals surface area (Å²) in [4.78, 5) is 28.0. The minimum Gasteiger partial charge on any atom is -0.443 e. The minimum absolute atomic E-state index is 0.245. The smallest absolute Gasteiger partial charge is 0.424 e. The number of nitrogens with zero attached hydrogens (tertiary/aromatic N) is 2. The highest BCUT2D eigenvalue weighted by molar-refractivity contribution is 8.00. The number of benzene rings is 2. The largest absolute Gasteiger partial charge is 0.443 e. The van der Waals surface area contributed by atoms with Crippen LogP contribution in [0.5, 0.6) is 0 Å². The maximum absolute atomic E-state index is 13.1. The Hall–Kier alpha value is -3.33. The molecule has 1 aromatic heterocycles. The van der Waals surface area contributed by atoms with Crippen LogP contribution in [0.3, 0.4) is 0 Å². The van der Waals surface area contributed by atoms with Gasteiger partial charge < -0.3 is 19.4 Å². The van der Waals surface area contributed by atoms with Crippen LogP contribution in [-0.4, -0.2) is 33.3 Å². The Bertz CT molecular complexity index is 1160. The highest BCUT2D eigenvalue weighted by atomic mass is 32.2. The third-order valence-electron chi connectivity index (χ3n) is 4.46. The molecule has 0 atom stereocenters. The lowest BCUT2D eigenvalue weighted by Gasteiger charge is -2.29. The lowest BCUT2D eigenvalue weighted by molar-refractivity contribution is 0.0431. The zero-order valence-corrected chi connectivity index (χ0v) is 21.3. The van der Waals surface area contributed by atoms with Crippen molar-refractivity contribution in [1.29, 1.82) is 0 Å². The summed E-state index contributed by atoms with van der Waals surface area (Å²) in [6.45, 7) is 12.3. The van der Waals surface area contributed by atoms with Gasteiger partial charge in [-0.2, -0.15) is 9.63 Å². The van der Waals surface area contributed by atoms with Crippen molar-refractivity contribution in [3.05, 3.63) is 54.2 Å². The van der Waals surface area contributed by atoms with E-state index in [1.807, 2.05) is 31.2 Å². The van der Waals surface area contributed by atoms with Crippen molar-refractivity contribution in [2.45, 2.75) is 64.6 Å². The number of anilines is 2. The van der Waals surface area contributed by atoms with E-state index in [4.69, 9.17) is 9.47 Å². The normalized spacial score (nSPS) is 11.9. The summed E-state index contributed by atoms with van der Waals surface area (Å²) < 4.78 is 15.2. The van der Waals surface area contributed by atoms with Gasteiger partial charge in [0.1, 0.15) is 16.7 Å². The fourth-order valence-electron chi connectivity index (χ4n) is 3.08. The van der Waals surface area contributed by atoms with Gasteiger partial charge in [0, 0.05) is 16.5 Å². The molecule has 182 valence electrons. The van der Waals surface area contributed by atoms with Gasteiger partial charge >= 0.3 is 12.2 Å². The first-order chi connectivity index (χ1) is 15.7. The monoisotopic (exact) mass is 485 g/mol. The molecule has 2 aromatic carbocycles. The van der Waals surface area contributed by atoms with E-state index in [2.05, 4.69) is 4.72 Å². The highest BCUT2D eigenvalue weighted by Crippen LogP contribution is 2.34. The molecule has 0 spiro atoms. The maximum Gasteiger partial charge on any atom is 0.424 e. The van der Waals surface area contributed by atoms with Crippen molar-refractivity contribution in [2.24, 2.45) is 0 Å². The summed E-state index contributed by atoms with van der Waals surface area (Å²) in [7, 11) is 0. The standard InChI is InChI=1S/C25H31N3O5S/c1-16-8-10-19(11-9-16)34-26-20-15-18(14-17-12-13-27(31)21(17)20)28(22(29)32-24(2,3)4)23(30)33-25(5,6)7/h8-15,26,31H,1-7H3. The van der Waals surface area contributed by atoms with E-state index in [9.17, 15) is 14.8 Å². The SMILES string of the molecule is Cc1ccc(SNc2cc(N(C(=O)OC(C)(C)C)C(=O)OC(C)(C)C)cc3ccn(O)c23)cc1. The van der Waals surface area contributed by atoms with Crippen LogP contribution in [-0.2, 0) is 9.47 Å². The average Bonchev–Trinajstić information content (AvgIpc) is 3.05. The van der Waals surface area contributed by atoms with Crippen molar-refractivity contribution in [1.82, 2.24) is 4.73 Å². The first-order valence-corrected chi connectivity index (χ1v) is 11.7. The third kappa shape index (κ3) is 6.38. The number of nitrogens with one attached hydrogen (secondary N) is 1. The Morgan fingerprint density at radius 2 is 1.50 bits per heavy atom. The van der Waals surface area contributed by atoms with E-state index in [0.717, 1.165) is 20.1 Å². The second kappa shape index (κ2) is 9.50. The van der Waals surface area contributed by atoms with Crippen LogP contribution in [0.25, 0.3) is 10.9 Å². The van der Waals surface area contributed by atoms with Crippen LogP contribution in [0.4, 0.5) is 21.0 Å². The van der Waals surface area contributed by atoms with E-state index >= 15 is 0 Å². The van der Waals surface area contributed by atoms with Crippen LogP contribution in [0, 0.1) is 6.92 Å². The third-order valence-corrected chi connectivity index (χ3v) is 5.29. The molecule has 0 fully saturated rings. The van der Waals surface area contributed by atoms with Gasteiger partial charge in [0.05, 0.1) is 11.4 Å². The fraction of sp³-hybridized carbons (Fsp3) is 0.360. The van der Waals surface area contributed by atoms with E-state index in [1.54, 1.807) is 59.7 Å². The van der Waals surface area contributed by atoms with Crippen molar-refractivity contribution in [2.75, 3.05) is 9.62 Å². The van der Waals surface area contributed by atoms with Crippen LogP contribution in [0.1, 0.15) is 47.1 Å². The van der Waals surface area contributed by atoms with Gasteiger partial charge in [-0.15, -0.1) is 0 Å². The van der Waals surface area contributed by atoms with Gasteiger partial charge in [0.15, 0.2) is 0 Å². The number of hydrogen-bond donors (Lipinski definition) is 2. The van der Waals surface area contributed by atoms with Crippen LogP contribution in [0.2, 0.25) is 0 Å². The second-order valence-corrected chi connectivity index (χ2v) is 10.8. The average molecular weight is 486 g/mol. The molecule has 0 saturated heterocycles. The van der Waals surface area contributed by atoms with E-state index in [-0.39, 0.29) is 5.69 Å². The molecule has 2 N–H and O–H groups in total. The van der Waals surface area contributed by atoms with Gasteiger partial charge in [-0.05, 0) is 90.7 Å². The fourth-order valence-corrected chi connectivity index (χ4v) is 3.73. The maximum atomic E-state index is 13.1. The van der Waals surface area contributed by atoms with Gasteiger partial charge in [0.2, 0.25) is 0 Å². The summed E-state index contributed by atoms with van der Waals surface area (Å²) in [5.74, 6) is 0. The molecule has 0 unspecified atom stereocenters. The molecule has 0 aliphatic carbocycles. The summed E-state index contributed by atoms with van der Waals surface area (Å²) in [6, 6.07) is 12.8. The molecule has 34 heavy (non-hydrogen) atoms. The van der Waals surface area contributed by atoms with Crippen LogP contribution < -0.4 is 9.62 Å². The number of carbonyl (C=O) groups excluding carboxylic acids is 2. The molecule has 9 heteroatoms. The number of carbonyl (C=O) groups is 2. The first kappa shape index (κ1) is 25.3. The van der Waals surface area contributed by atoms with Gasteiger partial charge in [0.25, 0.3) is 0 Å². The predicted molar refractivity (Wildman–Crippen MR) is 135 cm³/mol. The van der Waals surface area contributed by atoms with E-state index in [0.29, 0.717) is 16.6 Å². The summed E-state index contributed by atoms with van der Waals surface area (Å²) in [6.07, 6.45) is -0.232. The molecule has 0 radical (unpaired) electrons. The highest BCUT2D eigenvalue weighted by Gasteiger charge is 2.33. The van der Waals surface area contributed by atoms with Crippen LogP contribution >= 0.6 is 11.9 Å². The lowest BCUT2D eigenvalue weighted by atomic mass is 10.2. The minimum atomic E-state index is -0.860. The van der Waals surface area contributed by atoms with Crippen molar-refractivity contribution in [3.63, 3.8) is 0 Å². The molecular formula is C25H31N3O5S. The summed E-state index contributed by atoms with van der Waals surface area (Å²) in [5, 5.41) is 11.0. The molecule has 0 aliphatic heterocycles.